The molecule has 0 fully saturated rings. The van der Waals surface area contributed by atoms with E-state index in [0.29, 0.717) is 0 Å². The molecule has 0 saturated carbocycles. The van der Waals surface area contributed by atoms with Crippen LogP contribution in [0.2, 0.25) is 0 Å². The fourth-order valence-corrected chi connectivity index (χ4v) is 11.7. The minimum atomic E-state index is -0.168. The summed E-state index contributed by atoms with van der Waals surface area (Å²) in [7, 11) is 0. The quantitative estimate of drug-likeness (QED) is 0.126. The Bertz CT molecular complexity index is 3470. The van der Waals surface area contributed by atoms with E-state index in [4.69, 9.17) is 0 Å². The van der Waals surface area contributed by atoms with Crippen LogP contribution in [-0.2, 0) is 21.7 Å². The number of benzene rings is 9. The van der Waals surface area contributed by atoms with Crippen LogP contribution in [0, 0.1) is 13.8 Å². The van der Waals surface area contributed by atoms with Gasteiger partial charge >= 0.3 is 0 Å². The van der Waals surface area contributed by atoms with Crippen molar-refractivity contribution in [2.24, 2.45) is 0 Å². The van der Waals surface area contributed by atoms with E-state index < -0.39 is 0 Å². The monoisotopic (exact) mass is 989 g/mol. The molecule has 0 bridgehead atoms. The number of nitrogens with zero attached hydrogens (tertiary/aromatic N) is 2. The molecule has 9 aromatic rings. The van der Waals surface area contributed by atoms with Crippen LogP contribution in [0.3, 0.4) is 0 Å². The molecule has 0 radical (unpaired) electrons. The second-order valence-electron chi connectivity index (χ2n) is 24.6. The predicted octanol–water partition coefficient (Wildman–Crippen LogP) is 20.8. The average molecular weight is 989 g/mol. The third kappa shape index (κ3) is 9.45. The first-order chi connectivity index (χ1) is 36.2. The molecule has 0 aliphatic heterocycles. The molecule has 0 N–H and O–H groups in total. The second-order valence-corrected chi connectivity index (χ2v) is 24.6. The zero-order chi connectivity index (χ0) is 53.3. The Balaban J connectivity index is 0.798. The maximum absolute atomic E-state index is 2.43. The second kappa shape index (κ2) is 19.0. The molecule has 0 saturated heterocycles. The lowest BCUT2D eigenvalue weighted by molar-refractivity contribution is 0.590. The Morgan fingerprint density at radius 3 is 0.934 bits per heavy atom. The molecule has 0 unspecified atom stereocenters. The molecule has 0 heterocycles. The van der Waals surface area contributed by atoms with E-state index in [9.17, 15) is 0 Å². The topological polar surface area (TPSA) is 6.48 Å². The van der Waals surface area contributed by atoms with E-state index in [1.54, 1.807) is 0 Å². The number of hydrogen-bond donors (Lipinski definition) is 0. The van der Waals surface area contributed by atoms with Crippen LogP contribution < -0.4 is 9.80 Å². The third-order valence-electron chi connectivity index (χ3n) is 16.3. The Kier molecular flexibility index (Phi) is 12.6. The van der Waals surface area contributed by atoms with Gasteiger partial charge in [-0.05, 0) is 186 Å². The summed E-state index contributed by atoms with van der Waals surface area (Å²) in [4.78, 5) is 4.81. The van der Waals surface area contributed by atoms with Gasteiger partial charge in [-0.15, -0.1) is 0 Å². The van der Waals surface area contributed by atoms with Crippen LogP contribution in [0.5, 0.6) is 0 Å². The van der Waals surface area contributed by atoms with E-state index in [2.05, 4.69) is 311 Å². The first-order valence-electron chi connectivity index (χ1n) is 27.2. The highest BCUT2D eigenvalue weighted by Crippen LogP contribution is 2.53. The van der Waals surface area contributed by atoms with Gasteiger partial charge in [0, 0.05) is 45.0 Å². The maximum atomic E-state index is 2.43. The Labute approximate surface area is 453 Å². The summed E-state index contributed by atoms with van der Waals surface area (Å²) in [5, 5.41) is 0. The third-order valence-corrected chi connectivity index (χ3v) is 16.3. The molecule has 2 heteroatoms. The highest BCUT2D eigenvalue weighted by atomic mass is 15.1. The standard InChI is InChI=1S/C74H72N2/c1-49-15-13-17-59(43-49)75(57-33-29-55(30-34-57)71(3,4)5)61-37-41-65-63-39-27-53(45-67(63)73(9,10)69(65)47-61)25-23-51-19-21-52(22-20-51)24-26-54-28-40-64-66-42-38-62(48-70(66)74(11,12)68(64)46-54)76(60-18-14-16-50(2)44-60)58-35-31-56(32-36-58)72(6,7)8/h13-48H,1-12H3. The van der Waals surface area contributed by atoms with E-state index in [0.717, 1.165) is 11.4 Å². The van der Waals surface area contributed by atoms with Gasteiger partial charge in [-0.1, -0.05) is 215 Å². The van der Waals surface area contributed by atoms with Crippen molar-refractivity contribution in [3.05, 3.63) is 261 Å². The van der Waals surface area contributed by atoms with Gasteiger partial charge in [-0.2, -0.15) is 0 Å². The summed E-state index contributed by atoms with van der Waals surface area (Å²) >= 11 is 0. The molecule has 2 nitrogen and oxygen atoms in total. The molecule has 9 aromatic carbocycles. The van der Waals surface area contributed by atoms with E-state index in [1.807, 2.05) is 0 Å². The molecule has 0 amide bonds. The minimum absolute atomic E-state index is 0.0891. The van der Waals surface area contributed by atoms with Gasteiger partial charge < -0.3 is 9.80 Å². The summed E-state index contributed by atoms with van der Waals surface area (Å²) in [6.07, 6.45) is 8.99. The molecule has 76 heavy (non-hydrogen) atoms. The number of rotatable bonds is 10. The summed E-state index contributed by atoms with van der Waals surface area (Å²) in [6.45, 7) is 27.5. The summed E-state index contributed by atoms with van der Waals surface area (Å²) < 4.78 is 0. The molecular weight excluding hydrogens is 917 g/mol. The van der Waals surface area contributed by atoms with Gasteiger partial charge in [0.1, 0.15) is 0 Å². The predicted molar refractivity (Wildman–Crippen MR) is 329 cm³/mol. The summed E-state index contributed by atoms with van der Waals surface area (Å²) in [6, 6.07) is 72.9. The van der Waals surface area contributed by atoms with Gasteiger partial charge in [0.05, 0.1) is 0 Å². The molecule has 0 atom stereocenters. The normalized spacial score (nSPS) is 14.2. The lowest BCUT2D eigenvalue weighted by atomic mass is 9.81. The summed E-state index contributed by atoms with van der Waals surface area (Å²) in [5.74, 6) is 0. The first kappa shape index (κ1) is 50.2. The Morgan fingerprint density at radius 2 is 0.592 bits per heavy atom. The van der Waals surface area contributed by atoms with Crippen molar-refractivity contribution >= 4 is 58.4 Å². The molecule has 378 valence electrons. The van der Waals surface area contributed by atoms with Crippen molar-refractivity contribution in [1.29, 1.82) is 0 Å². The van der Waals surface area contributed by atoms with Crippen LogP contribution in [0.15, 0.2) is 194 Å². The van der Waals surface area contributed by atoms with Crippen LogP contribution in [0.1, 0.15) is 136 Å². The molecular formula is C74H72N2. The van der Waals surface area contributed by atoms with Crippen molar-refractivity contribution in [3.63, 3.8) is 0 Å². The highest BCUT2D eigenvalue weighted by Gasteiger charge is 2.38. The molecule has 11 rings (SSSR count). The lowest BCUT2D eigenvalue weighted by Gasteiger charge is -2.29. The lowest BCUT2D eigenvalue weighted by Crippen LogP contribution is -2.17. The molecule has 0 aromatic heterocycles. The SMILES string of the molecule is Cc1cccc(N(c2ccc(C(C)(C)C)cc2)c2ccc3c(c2)C(C)(C)c2cc(C=Cc4ccc(C=Cc5ccc6c(c5)C(C)(C)c5cc(N(c7ccc(C(C)(C)C)cc7)c7cccc(C)c7)ccc5-6)cc4)ccc2-3)c1. The first-order valence-corrected chi connectivity index (χ1v) is 27.2. The van der Waals surface area contributed by atoms with E-state index >= 15 is 0 Å². The fraction of sp³-hybridized carbons (Fsp3) is 0.216. The molecule has 2 aliphatic rings. The highest BCUT2D eigenvalue weighted by molar-refractivity contribution is 5.89. The van der Waals surface area contributed by atoms with Crippen LogP contribution in [-0.4, -0.2) is 0 Å². The van der Waals surface area contributed by atoms with Crippen molar-refractivity contribution in [2.75, 3.05) is 9.80 Å². The Morgan fingerprint density at radius 1 is 0.303 bits per heavy atom. The molecule has 0 spiro atoms. The fourth-order valence-electron chi connectivity index (χ4n) is 11.7. The van der Waals surface area contributed by atoms with Gasteiger partial charge in [-0.25, -0.2) is 0 Å². The van der Waals surface area contributed by atoms with E-state index in [-0.39, 0.29) is 21.7 Å². The van der Waals surface area contributed by atoms with Crippen molar-refractivity contribution < 1.29 is 0 Å². The van der Waals surface area contributed by atoms with E-state index in [1.165, 1.54) is 112 Å². The average Bonchev–Trinajstić information content (AvgIpc) is 3.80. The maximum Gasteiger partial charge on any atom is 0.0465 e. The number of anilines is 6. The van der Waals surface area contributed by atoms with Gasteiger partial charge in [0.15, 0.2) is 0 Å². The van der Waals surface area contributed by atoms with Gasteiger partial charge in [-0.3, -0.25) is 0 Å². The number of aryl methyl sites for hydroxylation is 2. The van der Waals surface area contributed by atoms with Crippen LogP contribution in [0.4, 0.5) is 34.1 Å². The number of fused-ring (bicyclic) bond motifs is 6. The largest absolute Gasteiger partial charge is 0.310 e. The zero-order valence-corrected chi connectivity index (χ0v) is 46.7. The van der Waals surface area contributed by atoms with Crippen molar-refractivity contribution in [2.45, 2.75) is 105 Å². The zero-order valence-electron chi connectivity index (χ0n) is 46.7. The van der Waals surface area contributed by atoms with Crippen molar-refractivity contribution in [1.82, 2.24) is 0 Å². The van der Waals surface area contributed by atoms with Gasteiger partial charge in [0.2, 0.25) is 0 Å². The van der Waals surface area contributed by atoms with Gasteiger partial charge in [0.25, 0.3) is 0 Å². The smallest absolute Gasteiger partial charge is 0.0465 e. The minimum Gasteiger partial charge on any atom is -0.310 e. The Hall–Kier alpha value is -7.94. The van der Waals surface area contributed by atoms with Crippen LogP contribution >= 0.6 is 0 Å². The molecule has 2 aliphatic carbocycles. The summed E-state index contributed by atoms with van der Waals surface area (Å²) in [5.41, 5.74) is 27.5. The number of hydrogen-bond acceptors (Lipinski definition) is 2. The van der Waals surface area contributed by atoms with Crippen LogP contribution in [0.25, 0.3) is 46.6 Å². The van der Waals surface area contributed by atoms with Crippen molar-refractivity contribution in [3.8, 4) is 22.3 Å².